The number of morpholine rings is 1. The van der Waals surface area contributed by atoms with Gasteiger partial charge in [-0.25, -0.2) is 18.4 Å². The molecular formula is C18H22N4O3S. The molecule has 0 N–H and O–H groups in total. The minimum atomic E-state index is -3.53. The van der Waals surface area contributed by atoms with Crippen LogP contribution in [0.2, 0.25) is 0 Å². The summed E-state index contributed by atoms with van der Waals surface area (Å²) in [7, 11) is -3.53. The van der Waals surface area contributed by atoms with Gasteiger partial charge in [0.2, 0.25) is 16.0 Å². The van der Waals surface area contributed by atoms with Crippen molar-refractivity contribution in [2.45, 2.75) is 24.8 Å². The summed E-state index contributed by atoms with van der Waals surface area (Å²) in [5.41, 5.74) is 2.75. The van der Waals surface area contributed by atoms with E-state index in [-0.39, 0.29) is 6.54 Å². The summed E-state index contributed by atoms with van der Waals surface area (Å²) in [6.07, 6.45) is 2.47. The fourth-order valence-electron chi connectivity index (χ4n) is 3.31. The van der Waals surface area contributed by atoms with Crippen molar-refractivity contribution in [3.05, 3.63) is 47.3 Å². The molecule has 0 atom stereocenters. The molecule has 0 radical (unpaired) electrons. The normalized spacial score (nSPS) is 18.6. The first-order valence-electron chi connectivity index (χ1n) is 8.78. The van der Waals surface area contributed by atoms with Crippen LogP contribution in [0, 0.1) is 6.92 Å². The lowest BCUT2D eigenvalue weighted by molar-refractivity contribution is 0.122. The average Bonchev–Trinajstić information content (AvgIpc) is 2.68. The van der Waals surface area contributed by atoms with Crippen molar-refractivity contribution in [3.8, 4) is 0 Å². The molecule has 2 aliphatic rings. The first kappa shape index (κ1) is 17.4. The van der Waals surface area contributed by atoms with Crippen molar-refractivity contribution >= 4 is 16.0 Å². The number of hydrogen-bond donors (Lipinski definition) is 0. The van der Waals surface area contributed by atoms with Gasteiger partial charge in [0, 0.05) is 25.8 Å². The molecule has 0 aliphatic carbocycles. The molecule has 2 aromatic rings. The molecule has 2 aliphatic heterocycles. The first-order chi connectivity index (χ1) is 12.5. The molecule has 0 spiro atoms. The predicted octanol–water partition coefficient (Wildman–Crippen LogP) is 1.37. The van der Waals surface area contributed by atoms with E-state index in [1.807, 2.05) is 19.2 Å². The van der Waals surface area contributed by atoms with Crippen LogP contribution in [0.15, 0.2) is 35.4 Å². The molecular weight excluding hydrogens is 352 g/mol. The van der Waals surface area contributed by atoms with E-state index in [0.717, 1.165) is 29.9 Å². The van der Waals surface area contributed by atoms with E-state index in [0.29, 0.717) is 37.0 Å². The minimum absolute atomic E-state index is 0.283. The highest BCUT2D eigenvalue weighted by Crippen LogP contribution is 2.25. The summed E-state index contributed by atoms with van der Waals surface area (Å²) < 4.78 is 32.9. The zero-order valence-corrected chi connectivity index (χ0v) is 15.6. The molecule has 3 heterocycles. The number of fused-ring (bicyclic) bond motifs is 1. The predicted molar refractivity (Wildman–Crippen MR) is 97.5 cm³/mol. The second-order valence-corrected chi connectivity index (χ2v) is 8.58. The minimum Gasteiger partial charge on any atom is -0.378 e. The Morgan fingerprint density at radius 1 is 1.15 bits per heavy atom. The zero-order valence-electron chi connectivity index (χ0n) is 14.8. The molecule has 1 aromatic carbocycles. The summed E-state index contributed by atoms with van der Waals surface area (Å²) in [5.74, 6) is 0.654. The van der Waals surface area contributed by atoms with Gasteiger partial charge in [-0.1, -0.05) is 12.1 Å². The smallest absolute Gasteiger partial charge is 0.243 e. The molecule has 1 saturated heterocycles. The van der Waals surface area contributed by atoms with Crippen LogP contribution in [0.4, 0.5) is 5.95 Å². The molecule has 26 heavy (non-hydrogen) atoms. The van der Waals surface area contributed by atoms with E-state index in [4.69, 9.17) is 4.74 Å². The van der Waals surface area contributed by atoms with Crippen LogP contribution in [0.25, 0.3) is 0 Å². The Morgan fingerprint density at radius 3 is 2.73 bits per heavy atom. The number of aromatic nitrogens is 2. The van der Waals surface area contributed by atoms with E-state index in [2.05, 4.69) is 14.9 Å². The van der Waals surface area contributed by atoms with Gasteiger partial charge in [0.05, 0.1) is 30.3 Å². The van der Waals surface area contributed by atoms with Crippen molar-refractivity contribution in [3.63, 3.8) is 0 Å². The molecule has 0 bridgehead atoms. The summed E-state index contributed by atoms with van der Waals surface area (Å²) in [4.78, 5) is 11.5. The highest BCUT2D eigenvalue weighted by Gasteiger charge is 2.30. The van der Waals surface area contributed by atoms with Crippen LogP contribution in [0.3, 0.4) is 0 Å². The number of aryl methyl sites for hydroxylation is 1. The lowest BCUT2D eigenvalue weighted by atomic mass is 10.1. The lowest BCUT2D eigenvalue weighted by Crippen LogP contribution is -2.39. The third kappa shape index (κ3) is 3.32. The van der Waals surface area contributed by atoms with Gasteiger partial charge in [0.15, 0.2) is 0 Å². The van der Waals surface area contributed by atoms with E-state index >= 15 is 0 Å². The highest BCUT2D eigenvalue weighted by atomic mass is 32.2. The van der Waals surface area contributed by atoms with Crippen molar-refractivity contribution in [2.24, 2.45) is 0 Å². The molecule has 1 aromatic heterocycles. The van der Waals surface area contributed by atoms with Gasteiger partial charge in [-0.05, 0) is 36.6 Å². The molecule has 8 heteroatoms. The van der Waals surface area contributed by atoms with Gasteiger partial charge in [0.25, 0.3) is 0 Å². The van der Waals surface area contributed by atoms with Crippen LogP contribution < -0.4 is 4.90 Å². The molecule has 4 rings (SSSR count). The van der Waals surface area contributed by atoms with Gasteiger partial charge in [-0.2, -0.15) is 4.31 Å². The van der Waals surface area contributed by atoms with E-state index < -0.39 is 10.0 Å². The molecule has 1 fully saturated rings. The fourth-order valence-corrected chi connectivity index (χ4v) is 4.82. The van der Waals surface area contributed by atoms with Crippen molar-refractivity contribution in [1.29, 1.82) is 0 Å². The number of rotatable bonds is 3. The summed E-state index contributed by atoms with van der Waals surface area (Å²) in [5, 5.41) is 0. The van der Waals surface area contributed by atoms with Crippen molar-refractivity contribution in [1.82, 2.24) is 14.3 Å². The van der Waals surface area contributed by atoms with Crippen LogP contribution in [0.5, 0.6) is 0 Å². The lowest BCUT2D eigenvalue weighted by Gasteiger charge is -2.30. The number of benzene rings is 1. The topological polar surface area (TPSA) is 75.6 Å². The second kappa shape index (κ2) is 6.94. The van der Waals surface area contributed by atoms with Crippen LogP contribution in [-0.4, -0.2) is 55.5 Å². The van der Waals surface area contributed by atoms with Gasteiger partial charge in [-0.3, -0.25) is 0 Å². The Hall–Kier alpha value is -2.03. The number of anilines is 1. The number of nitrogens with zero attached hydrogens (tertiary/aromatic N) is 4. The number of sulfonamides is 1. The maximum absolute atomic E-state index is 13.0. The van der Waals surface area contributed by atoms with Crippen molar-refractivity contribution in [2.75, 3.05) is 37.7 Å². The Morgan fingerprint density at radius 2 is 1.96 bits per heavy atom. The van der Waals surface area contributed by atoms with Gasteiger partial charge >= 0.3 is 0 Å². The summed E-state index contributed by atoms with van der Waals surface area (Å²) >= 11 is 0. The zero-order chi connectivity index (χ0) is 18.1. The Kier molecular flexibility index (Phi) is 4.64. The first-order valence-corrected chi connectivity index (χ1v) is 10.2. The maximum Gasteiger partial charge on any atom is 0.243 e. The summed E-state index contributed by atoms with van der Waals surface area (Å²) in [6, 6.07) is 7.03. The third-order valence-corrected chi connectivity index (χ3v) is 6.66. The van der Waals surface area contributed by atoms with E-state index in [9.17, 15) is 8.42 Å². The third-order valence-electron chi connectivity index (χ3n) is 4.82. The van der Waals surface area contributed by atoms with Crippen LogP contribution >= 0.6 is 0 Å². The van der Waals surface area contributed by atoms with Gasteiger partial charge in [-0.15, -0.1) is 0 Å². The fraction of sp³-hybridized carbons (Fsp3) is 0.444. The van der Waals surface area contributed by atoms with E-state index in [1.165, 1.54) is 4.31 Å². The Bertz CT molecular complexity index is 910. The summed E-state index contributed by atoms with van der Waals surface area (Å²) in [6.45, 7) is 5.46. The average molecular weight is 374 g/mol. The molecule has 0 amide bonds. The van der Waals surface area contributed by atoms with Crippen LogP contribution in [-0.2, 0) is 27.7 Å². The number of ether oxygens (including phenoxy) is 1. The SMILES string of the molecule is Cc1cccc(S(=O)(=O)N2CCc3cnc(N4CCOCC4)nc3C2)c1. The molecule has 0 saturated carbocycles. The second-order valence-electron chi connectivity index (χ2n) is 6.65. The molecule has 7 nitrogen and oxygen atoms in total. The molecule has 138 valence electrons. The largest absolute Gasteiger partial charge is 0.378 e. The van der Waals surface area contributed by atoms with Crippen molar-refractivity contribution < 1.29 is 13.2 Å². The molecule has 0 unspecified atom stereocenters. The quantitative estimate of drug-likeness (QED) is 0.808. The standard InChI is InChI=1S/C18H22N4O3S/c1-14-3-2-4-16(11-14)26(23,24)22-6-5-15-12-19-18(20-17(15)13-22)21-7-9-25-10-8-21/h2-4,11-12H,5-10,13H2,1H3. The van der Waals surface area contributed by atoms with Gasteiger partial charge in [0.1, 0.15) is 0 Å². The highest BCUT2D eigenvalue weighted by molar-refractivity contribution is 7.89. The van der Waals surface area contributed by atoms with Crippen LogP contribution in [0.1, 0.15) is 16.8 Å². The maximum atomic E-state index is 13.0. The Labute approximate surface area is 153 Å². The van der Waals surface area contributed by atoms with E-state index in [1.54, 1.807) is 18.2 Å². The monoisotopic (exact) mass is 374 g/mol. The van der Waals surface area contributed by atoms with Gasteiger partial charge < -0.3 is 9.64 Å². The Balaban J connectivity index is 1.60. The number of hydrogen-bond acceptors (Lipinski definition) is 6.